The Hall–Kier alpha value is -2.12. The Labute approximate surface area is 186 Å². The van der Waals surface area contributed by atoms with Gasteiger partial charge in [-0.25, -0.2) is 0 Å². The molecule has 0 bridgehead atoms. The van der Waals surface area contributed by atoms with Crippen molar-refractivity contribution in [2.24, 2.45) is 4.99 Å². The van der Waals surface area contributed by atoms with Gasteiger partial charge in [0.1, 0.15) is 0 Å². The number of aromatic nitrogens is 1. The summed E-state index contributed by atoms with van der Waals surface area (Å²) < 4.78 is 9.02. The molecule has 150 valence electrons. The van der Waals surface area contributed by atoms with Crippen molar-refractivity contribution in [3.05, 3.63) is 74.6 Å². The SMILES string of the molecule is Cc1cc(-n2c(C)cc(C=Nc3ccc(N4CCOCC4)cc3)c2C)ccc1I. The van der Waals surface area contributed by atoms with Gasteiger partial charge in [0.15, 0.2) is 0 Å². The molecule has 0 unspecified atom stereocenters. The molecule has 4 rings (SSSR count). The highest BCUT2D eigenvalue weighted by atomic mass is 127. The molecule has 1 aromatic heterocycles. The van der Waals surface area contributed by atoms with E-state index in [2.05, 4.69) is 101 Å². The summed E-state index contributed by atoms with van der Waals surface area (Å²) >= 11 is 2.38. The second kappa shape index (κ2) is 8.71. The van der Waals surface area contributed by atoms with Gasteiger partial charge < -0.3 is 14.2 Å². The van der Waals surface area contributed by atoms with Crippen LogP contribution in [0.5, 0.6) is 0 Å². The molecule has 1 fully saturated rings. The third kappa shape index (κ3) is 4.41. The lowest BCUT2D eigenvalue weighted by atomic mass is 10.2. The van der Waals surface area contributed by atoms with E-state index < -0.39 is 0 Å². The number of hydrogen-bond donors (Lipinski definition) is 0. The van der Waals surface area contributed by atoms with Crippen LogP contribution in [0.4, 0.5) is 11.4 Å². The fourth-order valence-corrected chi connectivity index (χ4v) is 4.13. The van der Waals surface area contributed by atoms with Crippen LogP contribution < -0.4 is 4.90 Å². The van der Waals surface area contributed by atoms with Gasteiger partial charge in [-0.3, -0.25) is 4.99 Å². The van der Waals surface area contributed by atoms with Gasteiger partial charge in [0, 0.05) is 51.2 Å². The lowest BCUT2D eigenvalue weighted by Gasteiger charge is -2.28. The van der Waals surface area contributed by atoms with Gasteiger partial charge in [-0.05, 0) is 97.5 Å². The van der Waals surface area contributed by atoms with Crippen molar-refractivity contribution < 1.29 is 4.74 Å². The number of morpholine rings is 1. The minimum Gasteiger partial charge on any atom is -0.378 e. The zero-order valence-electron chi connectivity index (χ0n) is 17.2. The molecule has 0 saturated carbocycles. The van der Waals surface area contributed by atoms with E-state index in [1.807, 2.05) is 6.21 Å². The number of aliphatic imine (C=N–C) groups is 1. The van der Waals surface area contributed by atoms with E-state index >= 15 is 0 Å². The molecule has 0 aliphatic carbocycles. The molecule has 0 atom stereocenters. The monoisotopic (exact) mass is 499 g/mol. The second-order valence-electron chi connectivity index (χ2n) is 7.47. The van der Waals surface area contributed by atoms with Crippen LogP contribution >= 0.6 is 22.6 Å². The lowest BCUT2D eigenvalue weighted by Crippen LogP contribution is -2.36. The van der Waals surface area contributed by atoms with Crippen molar-refractivity contribution in [2.45, 2.75) is 20.8 Å². The van der Waals surface area contributed by atoms with Crippen LogP contribution in [0.25, 0.3) is 5.69 Å². The van der Waals surface area contributed by atoms with Crippen LogP contribution in [0, 0.1) is 24.3 Å². The first kappa shape index (κ1) is 20.2. The number of benzene rings is 2. The van der Waals surface area contributed by atoms with Crippen molar-refractivity contribution in [3.63, 3.8) is 0 Å². The molecule has 4 nitrogen and oxygen atoms in total. The zero-order chi connectivity index (χ0) is 20.4. The molecule has 1 saturated heterocycles. The molecule has 1 aliphatic rings. The molecule has 0 spiro atoms. The van der Waals surface area contributed by atoms with Crippen LogP contribution in [0.1, 0.15) is 22.5 Å². The maximum absolute atomic E-state index is 5.43. The van der Waals surface area contributed by atoms with E-state index in [4.69, 9.17) is 9.73 Å². The normalized spacial score (nSPS) is 14.7. The highest BCUT2D eigenvalue weighted by Gasteiger charge is 2.12. The Balaban J connectivity index is 1.55. The second-order valence-corrected chi connectivity index (χ2v) is 8.63. The minimum atomic E-state index is 0.801. The summed E-state index contributed by atoms with van der Waals surface area (Å²) in [5.41, 5.74) is 8.27. The van der Waals surface area contributed by atoms with E-state index in [1.165, 1.54) is 31.9 Å². The maximum Gasteiger partial charge on any atom is 0.0642 e. The largest absolute Gasteiger partial charge is 0.378 e. The summed E-state index contributed by atoms with van der Waals surface area (Å²) in [6.07, 6.45) is 1.97. The van der Waals surface area contributed by atoms with Crippen molar-refractivity contribution in [1.29, 1.82) is 0 Å². The average Bonchev–Trinajstić information content (AvgIpc) is 3.03. The summed E-state index contributed by atoms with van der Waals surface area (Å²) in [7, 11) is 0. The summed E-state index contributed by atoms with van der Waals surface area (Å²) in [5, 5.41) is 0. The Bertz CT molecular complexity index is 1030. The zero-order valence-corrected chi connectivity index (χ0v) is 19.3. The van der Waals surface area contributed by atoms with Gasteiger partial charge in [-0.15, -0.1) is 0 Å². The van der Waals surface area contributed by atoms with Gasteiger partial charge >= 0.3 is 0 Å². The van der Waals surface area contributed by atoms with E-state index in [0.717, 1.165) is 37.6 Å². The number of anilines is 1. The molecule has 0 radical (unpaired) electrons. The average molecular weight is 499 g/mol. The Morgan fingerprint density at radius 1 is 0.931 bits per heavy atom. The molecular formula is C24H26IN3O. The molecular weight excluding hydrogens is 473 g/mol. The first-order chi connectivity index (χ1) is 14.0. The molecule has 2 heterocycles. The van der Waals surface area contributed by atoms with Crippen LogP contribution in [0.15, 0.2) is 53.5 Å². The molecule has 0 N–H and O–H groups in total. The van der Waals surface area contributed by atoms with Crippen molar-refractivity contribution in [3.8, 4) is 5.69 Å². The fraction of sp³-hybridized carbons (Fsp3) is 0.292. The number of rotatable bonds is 4. The van der Waals surface area contributed by atoms with Crippen molar-refractivity contribution in [2.75, 3.05) is 31.2 Å². The quantitative estimate of drug-likeness (QED) is 0.346. The highest BCUT2D eigenvalue weighted by Crippen LogP contribution is 2.24. The number of aryl methyl sites for hydroxylation is 2. The molecule has 3 aromatic rings. The highest BCUT2D eigenvalue weighted by molar-refractivity contribution is 14.1. The Kier molecular flexibility index (Phi) is 6.06. The molecule has 29 heavy (non-hydrogen) atoms. The molecule has 1 aliphatic heterocycles. The van der Waals surface area contributed by atoms with E-state index in [-0.39, 0.29) is 0 Å². The third-order valence-electron chi connectivity index (χ3n) is 5.45. The third-order valence-corrected chi connectivity index (χ3v) is 6.66. The number of hydrogen-bond acceptors (Lipinski definition) is 3. The van der Waals surface area contributed by atoms with Gasteiger partial charge in [-0.1, -0.05) is 0 Å². The van der Waals surface area contributed by atoms with E-state index in [1.54, 1.807) is 0 Å². The van der Waals surface area contributed by atoms with E-state index in [0.29, 0.717) is 0 Å². The van der Waals surface area contributed by atoms with Crippen LogP contribution in [0.3, 0.4) is 0 Å². The molecule has 5 heteroatoms. The Morgan fingerprint density at radius 3 is 2.31 bits per heavy atom. The molecule has 0 amide bonds. The number of halogens is 1. The standard InChI is InChI=1S/C24H26IN3O/c1-17-14-23(8-9-24(17)25)28-18(2)15-20(19(28)3)16-26-21-4-6-22(7-5-21)27-10-12-29-13-11-27/h4-9,14-16H,10-13H2,1-3H3. The van der Waals surface area contributed by atoms with Crippen LogP contribution in [-0.4, -0.2) is 37.1 Å². The smallest absolute Gasteiger partial charge is 0.0642 e. The first-order valence-corrected chi connectivity index (χ1v) is 11.0. The van der Waals surface area contributed by atoms with Crippen molar-refractivity contribution >= 4 is 40.2 Å². The van der Waals surface area contributed by atoms with Gasteiger partial charge in [0.25, 0.3) is 0 Å². The number of nitrogens with zero attached hydrogens (tertiary/aromatic N) is 3. The van der Waals surface area contributed by atoms with Gasteiger partial charge in [0.2, 0.25) is 0 Å². The molecule has 2 aromatic carbocycles. The first-order valence-electron chi connectivity index (χ1n) is 9.95. The minimum absolute atomic E-state index is 0.801. The lowest BCUT2D eigenvalue weighted by molar-refractivity contribution is 0.122. The fourth-order valence-electron chi connectivity index (χ4n) is 3.80. The van der Waals surface area contributed by atoms with Gasteiger partial charge in [-0.2, -0.15) is 0 Å². The predicted molar refractivity (Wildman–Crippen MR) is 129 cm³/mol. The van der Waals surface area contributed by atoms with Crippen molar-refractivity contribution in [1.82, 2.24) is 4.57 Å². The Morgan fingerprint density at radius 2 is 1.62 bits per heavy atom. The van der Waals surface area contributed by atoms with Crippen LogP contribution in [0.2, 0.25) is 0 Å². The summed E-state index contributed by atoms with van der Waals surface area (Å²) in [4.78, 5) is 7.08. The number of ether oxygens (including phenoxy) is 1. The van der Waals surface area contributed by atoms with Gasteiger partial charge in [0.05, 0.1) is 18.9 Å². The predicted octanol–water partition coefficient (Wildman–Crippen LogP) is 5.59. The maximum atomic E-state index is 5.43. The summed E-state index contributed by atoms with van der Waals surface area (Å²) in [5.74, 6) is 0. The summed E-state index contributed by atoms with van der Waals surface area (Å²) in [6.45, 7) is 9.96. The van der Waals surface area contributed by atoms with Crippen LogP contribution in [-0.2, 0) is 4.74 Å². The summed E-state index contributed by atoms with van der Waals surface area (Å²) in [6, 6.07) is 17.3. The van der Waals surface area contributed by atoms with E-state index in [9.17, 15) is 0 Å². The topological polar surface area (TPSA) is 29.8 Å².